The third kappa shape index (κ3) is 4.35. The van der Waals surface area contributed by atoms with Crippen molar-refractivity contribution in [2.24, 2.45) is 5.92 Å². The Bertz CT molecular complexity index is 609. The second-order valence-electron chi connectivity index (χ2n) is 5.28. The highest BCUT2D eigenvalue weighted by molar-refractivity contribution is 5.34. The van der Waals surface area contributed by atoms with Crippen LogP contribution < -0.4 is 5.32 Å². The molecule has 7 heteroatoms. The topological polar surface area (TPSA) is 85.9 Å². The molecule has 2 rings (SSSR count). The molecule has 0 bridgehead atoms. The average molecular weight is 289 g/mol. The minimum absolute atomic E-state index is 0.109. The summed E-state index contributed by atoms with van der Waals surface area (Å²) in [6, 6.07) is 6.61. The number of rotatable bonds is 7. The molecule has 0 aliphatic rings. The molecule has 0 saturated carbocycles. The fraction of sp³-hybridized carbons (Fsp3) is 0.429. The van der Waals surface area contributed by atoms with Gasteiger partial charge in [0.15, 0.2) is 0 Å². The molecule has 0 atom stereocenters. The molecule has 2 aromatic rings. The van der Waals surface area contributed by atoms with E-state index in [0.717, 1.165) is 17.9 Å². The van der Waals surface area contributed by atoms with Gasteiger partial charge in [0.1, 0.15) is 12.2 Å². The summed E-state index contributed by atoms with van der Waals surface area (Å²) >= 11 is 0. The van der Waals surface area contributed by atoms with E-state index in [1.54, 1.807) is 18.5 Å². The summed E-state index contributed by atoms with van der Waals surface area (Å²) in [6.07, 6.45) is 1.55. The predicted molar refractivity (Wildman–Crippen MR) is 78.5 cm³/mol. The van der Waals surface area contributed by atoms with Crippen LogP contribution in [0.25, 0.3) is 0 Å². The fourth-order valence-electron chi connectivity index (χ4n) is 2.02. The molecule has 112 valence electrons. The van der Waals surface area contributed by atoms with Crippen molar-refractivity contribution in [3.8, 4) is 0 Å². The maximum atomic E-state index is 10.7. The van der Waals surface area contributed by atoms with Gasteiger partial charge in [-0.05, 0) is 11.5 Å². The molecule has 0 aliphatic carbocycles. The summed E-state index contributed by atoms with van der Waals surface area (Å²) < 4.78 is 1.88. The lowest BCUT2D eigenvalue weighted by Crippen LogP contribution is -2.18. The van der Waals surface area contributed by atoms with Gasteiger partial charge in [-0.15, -0.1) is 0 Å². The van der Waals surface area contributed by atoms with Crippen LogP contribution in [0.5, 0.6) is 0 Å². The van der Waals surface area contributed by atoms with Crippen LogP contribution in [0.4, 0.5) is 5.69 Å². The lowest BCUT2D eigenvalue weighted by Gasteiger charge is -2.09. The lowest BCUT2D eigenvalue weighted by molar-refractivity contribution is -0.384. The SMILES string of the molecule is CC(C)Cn1ncnc1CNCc1cccc([N+](=O)[O-])c1. The van der Waals surface area contributed by atoms with Crippen LogP contribution in [0.2, 0.25) is 0 Å². The van der Waals surface area contributed by atoms with Crippen LogP contribution in [0, 0.1) is 16.0 Å². The number of nitrogens with zero attached hydrogens (tertiary/aromatic N) is 4. The van der Waals surface area contributed by atoms with Crippen LogP contribution in [-0.2, 0) is 19.6 Å². The molecule has 1 N–H and O–H groups in total. The van der Waals surface area contributed by atoms with E-state index in [4.69, 9.17) is 0 Å². The van der Waals surface area contributed by atoms with Crippen LogP contribution in [0.15, 0.2) is 30.6 Å². The first kappa shape index (κ1) is 15.1. The van der Waals surface area contributed by atoms with Gasteiger partial charge in [-0.25, -0.2) is 9.67 Å². The summed E-state index contributed by atoms with van der Waals surface area (Å²) in [6.45, 7) is 6.21. The number of hydrogen-bond acceptors (Lipinski definition) is 5. The highest BCUT2D eigenvalue weighted by atomic mass is 16.6. The van der Waals surface area contributed by atoms with E-state index in [1.165, 1.54) is 6.07 Å². The number of hydrogen-bond donors (Lipinski definition) is 1. The van der Waals surface area contributed by atoms with Gasteiger partial charge in [0, 0.05) is 25.2 Å². The number of nitrogens with one attached hydrogen (secondary N) is 1. The molecule has 0 unspecified atom stereocenters. The highest BCUT2D eigenvalue weighted by Crippen LogP contribution is 2.12. The molecule has 0 aliphatic heterocycles. The van der Waals surface area contributed by atoms with Crippen molar-refractivity contribution in [1.29, 1.82) is 0 Å². The number of nitro benzene ring substituents is 1. The maximum Gasteiger partial charge on any atom is 0.269 e. The van der Waals surface area contributed by atoms with Crippen molar-refractivity contribution >= 4 is 5.69 Å². The molecular weight excluding hydrogens is 270 g/mol. The normalized spacial score (nSPS) is 11.0. The van der Waals surface area contributed by atoms with Gasteiger partial charge < -0.3 is 5.32 Å². The molecule has 1 aromatic carbocycles. The van der Waals surface area contributed by atoms with Gasteiger partial charge >= 0.3 is 0 Å². The molecule has 7 nitrogen and oxygen atoms in total. The average Bonchev–Trinajstić information content (AvgIpc) is 2.86. The van der Waals surface area contributed by atoms with Crippen molar-refractivity contribution in [3.05, 3.63) is 52.1 Å². The Morgan fingerprint density at radius 1 is 1.38 bits per heavy atom. The highest BCUT2D eigenvalue weighted by Gasteiger charge is 2.07. The molecule has 0 saturated heterocycles. The van der Waals surface area contributed by atoms with Crippen molar-refractivity contribution < 1.29 is 4.92 Å². The quantitative estimate of drug-likeness (QED) is 0.623. The van der Waals surface area contributed by atoms with E-state index >= 15 is 0 Å². The van der Waals surface area contributed by atoms with Crippen LogP contribution in [-0.4, -0.2) is 19.7 Å². The van der Waals surface area contributed by atoms with E-state index in [9.17, 15) is 10.1 Å². The number of non-ortho nitro benzene ring substituents is 1. The summed E-state index contributed by atoms with van der Waals surface area (Å²) in [5.41, 5.74) is 0.983. The second-order valence-corrected chi connectivity index (χ2v) is 5.28. The van der Waals surface area contributed by atoms with Crippen LogP contribution in [0.1, 0.15) is 25.2 Å². The largest absolute Gasteiger partial charge is 0.306 e. The Labute approximate surface area is 123 Å². The zero-order chi connectivity index (χ0) is 15.2. The van der Waals surface area contributed by atoms with Gasteiger partial charge in [0.2, 0.25) is 0 Å². The zero-order valence-electron chi connectivity index (χ0n) is 12.2. The Morgan fingerprint density at radius 2 is 2.19 bits per heavy atom. The third-order valence-corrected chi connectivity index (χ3v) is 2.97. The van der Waals surface area contributed by atoms with Gasteiger partial charge in [0.05, 0.1) is 11.5 Å². The molecule has 21 heavy (non-hydrogen) atoms. The number of aromatic nitrogens is 3. The van der Waals surface area contributed by atoms with E-state index < -0.39 is 0 Å². The summed E-state index contributed by atoms with van der Waals surface area (Å²) in [5, 5.41) is 18.2. The van der Waals surface area contributed by atoms with Crippen molar-refractivity contribution in [3.63, 3.8) is 0 Å². The standard InChI is InChI=1S/C14H19N5O2/c1-11(2)9-18-14(16-10-17-18)8-15-7-12-4-3-5-13(6-12)19(20)21/h3-6,10-11,15H,7-9H2,1-2H3. The van der Waals surface area contributed by atoms with E-state index in [0.29, 0.717) is 19.0 Å². The van der Waals surface area contributed by atoms with Crippen molar-refractivity contribution in [1.82, 2.24) is 20.1 Å². The summed E-state index contributed by atoms with van der Waals surface area (Å²) in [4.78, 5) is 14.6. The van der Waals surface area contributed by atoms with Crippen LogP contribution >= 0.6 is 0 Å². The molecular formula is C14H19N5O2. The monoisotopic (exact) mass is 289 g/mol. The van der Waals surface area contributed by atoms with Gasteiger partial charge in [0.25, 0.3) is 5.69 Å². The van der Waals surface area contributed by atoms with E-state index in [-0.39, 0.29) is 10.6 Å². The third-order valence-electron chi connectivity index (χ3n) is 2.97. The Balaban J connectivity index is 1.91. The number of nitro groups is 1. The Hall–Kier alpha value is -2.28. The molecule has 0 amide bonds. The smallest absolute Gasteiger partial charge is 0.269 e. The first-order chi connectivity index (χ1) is 10.1. The Morgan fingerprint density at radius 3 is 2.90 bits per heavy atom. The molecule has 0 radical (unpaired) electrons. The molecule has 0 spiro atoms. The molecule has 1 heterocycles. The number of benzene rings is 1. The van der Waals surface area contributed by atoms with Crippen molar-refractivity contribution in [2.45, 2.75) is 33.5 Å². The summed E-state index contributed by atoms with van der Waals surface area (Å²) in [7, 11) is 0. The van der Waals surface area contributed by atoms with Gasteiger partial charge in [-0.3, -0.25) is 10.1 Å². The minimum Gasteiger partial charge on any atom is -0.306 e. The lowest BCUT2D eigenvalue weighted by atomic mass is 10.2. The maximum absolute atomic E-state index is 10.7. The Kier molecular flexibility index (Phi) is 4.99. The molecule has 1 aromatic heterocycles. The second kappa shape index (κ2) is 6.94. The van der Waals surface area contributed by atoms with E-state index in [2.05, 4.69) is 29.2 Å². The first-order valence-corrected chi connectivity index (χ1v) is 6.87. The summed E-state index contributed by atoms with van der Waals surface area (Å²) in [5.74, 6) is 1.37. The van der Waals surface area contributed by atoms with Crippen molar-refractivity contribution in [2.75, 3.05) is 0 Å². The fourth-order valence-corrected chi connectivity index (χ4v) is 2.02. The zero-order valence-corrected chi connectivity index (χ0v) is 12.2. The first-order valence-electron chi connectivity index (χ1n) is 6.87. The predicted octanol–water partition coefficient (Wildman–Crippen LogP) is 2.13. The van der Waals surface area contributed by atoms with Gasteiger partial charge in [-0.2, -0.15) is 5.10 Å². The molecule has 0 fully saturated rings. The minimum atomic E-state index is -0.386. The van der Waals surface area contributed by atoms with E-state index in [1.807, 2.05) is 10.7 Å². The van der Waals surface area contributed by atoms with Gasteiger partial charge in [-0.1, -0.05) is 26.0 Å². The van der Waals surface area contributed by atoms with Crippen LogP contribution in [0.3, 0.4) is 0 Å².